The molecule has 2 amide bonds. The van der Waals surface area contributed by atoms with Crippen molar-refractivity contribution in [3.8, 4) is 0 Å². The van der Waals surface area contributed by atoms with Crippen LogP contribution in [0.1, 0.15) is 50.8 Å². The van der Waals surface area contributed by atoms with Gasteiger partial charge in [-0.1, -0.05) is 0 Å². The Hall–Kier alpha value is -1.89. The fourth-order valence-corrected chi connectivity index (χ4v) is 3.71. The van der Waals surface area contributed by atoms with Crippen molar-refractivity contribution in [2.24, 2.45) is 5.92 Å². The minimum Gasteiger partial charge on any atom is -0.371 e. The number of aryl methyl sites for hydroxylation is 1. The molecule has 0 unspecified atom stereocenters. The molecule has 1 aromatic rings. The molecule has 2 saturated heterocycles. The molecule has 25 heavy (non-hydrogen) atoms. The molecule has 0 spiro atoms. The topological polar surface area (TPSA) is 76.5 Å². The van der Waals surface area contributed by atoms with Crippen molar-refractivity contribution >= 4 is 11.8 Å². The molecule has 3 rings (SSSR count). The molecule has 0 aliphatic carbocycles. The van der Waals surface area contributed by atoms with Gasteiger partial charge >= 0.3 is 0 Å². The van der Waals surface area contributed by atoms with Crippen molar-refractivity contribution in [1.29, 1.82) is 0 Å². The number of amides is 2. The van der Waals surface area contributed by atoms with E-state index in [0.29, 0.717) is 19.6 Å². The molecule has 0 saturated carbocycles. The van der Waals surface area contributed by atoms with Gasteiger partial charge in [0.25, 0.3) is 0 Å². The fourth-order valence-electron chi connectivity index (χ4n) is 3.71. The second kappa shape index (κ2) is 8.47. The van der Waals surface area contributed by atoms with Gasteiger partial charge in [-0.25, -0.2) is 0 Å². The predicted octanol–water partition coefficient (Wildman–Crippen LogP) is 1.50. The highest BCUT2D eigenvalue weighted by Crippen LogP contribution is 2.35. The van der Waals surface area contributed by atoms with Crippen LogP contribution in [0.25, 0.3) is 0 Å². The minimum absolute atomic E-state index is 0.0305. The molecular formula is C18H28N4O3. The Bertz CT molecular complexity index is 601. The number of hydrogen-bond donors (Lipinski definition) is 1. The first-order valence-electron chi connectivity index (χ1n) is 9.39. The van der Waals surface area contributed by atoms with Crippen LogP contribution < -0.4 is 5.32 Å². The molecule has 0 bridgehead atoms. The Morgan fingerprint density at radius 1 is 1.36 bits per heavy atom. The van der Waals surface area contributed by atoms with Crippen LogP contribution in [0.4, 0.5) is 0 Å². The van der Waals surface area contributed by atoms with E-state index in [1.807, 2.05) is 22.6 Å². The van der Waals surface area contributed by atoms with E-state index in [0.717, 1.165) is 51.0 Å². The zero-order valence-corrected chi connectivity index (χ0v) is 14.9. The summed E-state index contributed by atoms with van der Waals surface area (Å²) in [4.78, 5) is 26.9. The van der Waals surface area contributed by atoms with Crippen molar-refractivity contribution in [1.82, 2.24) is 20.0 Å². The lowest BCUT2D eigenvalue weighted by Gasteiger charge is -2.28. The Morgan fingerprint density at radius 3 is 3.08 bits per heavy atom. The maximum Gasteiger partial charge on any atom is 0.228 e. The third kappa shape index (κ3) is 4.21. The molecule has 1 aromatic heterocycles. The molecule has 2 fully saturated rings. The van der Waals surface area contributed by atoms with Crippen LogP contribution in [0.15, 0.2) is 12.3 Å². The maximum atomic E-state index is 13.2. The van der Waals surface area contributed by atoms with Crippen LogP contribution in [0.3, 0.4) is 0 Å². The number of rotatable bonds is 3. The van der Waals surface area contributed by atoms with Crippen LogP contribution in [-0.2, 0) is 20.9 Å². The summed E-state index contributed by atoms with van der Waals surface area (Å²) in [5.74, 6) is -0.0456. The second-order valence-electron chi connectivity index (χ2n) is 6.74. The highest BCUT2D eigenvalue weighted by Gasteiger charge is 2.39. The number of ether oxygens (including phenoxy) is 1. The maximum absolute atomic E-state index is 13.2. The lowest BCUT2D eigenvalue weighted by atomic mass is 9.96. The number of carbonyl (C=O) groups is 2. The monoisotopic (exact) mass is 348 g/mol. The van der Waals surface area contributed by atoms with Crippen LogP contribution in [0.2, 0.25) is 0 Å². The van der Waals surface area contributed by atoms with Gasteiger partial charge in [0, 0.05) is 45.4 Å². The third-order valence-electron chi connectivity index (χ3n) is 5.10. The number of hydrogen-bond acceptors (Lipinski definition) is 4. The highest BCUT2D eigenvalue weighted by atomic mass is 16.5. The molecule has 3 heterocycles. The molecule has 2 aliphatic heterocycles. The number of nitrogens with zero attached hydrogens (tertiary/aromatic N) is 3. The van der Waals surface area contributed by atoms with Crippen molar-refractivity contribution in [2.75, 3.05) is 26.2 Å². The van der Waals surface area contributed by atoms with E-state index >= 15 is 0 Å². The molecule has 2 aliphatic rings. The summed E-state index contributed by atoms with van der Waals surface area (Å²) < 4.78 is 7.79. The molecule has 7 nitrogen and oxygen atoms in total. The van der Waals surface area contributed by atoms with Crippen molar-refractivity contribution < 1.29 is 14.3 Å². The van der Waals surface area contributed by atoms with Gasteiger partial charge in [0.15, 0.2) is 0 Å². The van der Waals surface area contributed by atoms with Crippen LogP contribution in [-0.4, -0.2) is 52.7 Å². The average Bonchev–Trinajstić information content (AvgIpc) is 3.28. The molecule has 0 radical (unpaired) electrons. The van der Waals surface area contributed by atoms with Crippen molar-refractivity contribution in [3.63, 3.8) is 0 Å². The zero-order valence-electron chi connectivity index (χ0n) is 14.9. The summed E-state index contributed by atoms with van der Waals surface area (Å²) in [6.07, 6.45) is 5.59. The highest BCUT2D eigenvalue weighted by molar-refractivity contribution is 5.81. The van der Waals surface area contributed by atoms with Crippen LogP contribution >= 0.6 is 0 Å². The summed E-state index contributed by atoms with van der Waals surface area (Å²) in [6.45, 7) is 5.33. The van der Waals surface area contributed by atoms with E-state index in [9.17, 15) is 9.59 Å². The van der Waals surface area contributed by atoms with Crippen LogP contribution in [0, 0.1) is 5.92 Å². The van der Waals surface area contributed by atoms with E-state index < -0.39 is 0 Å². The lowest BCUT2D eigenvalue weighted by molar-refractivity contribution is -0.138. The summed E-state index contributed by atoms with van der Waals surface area (Å²) in [5.41, 5.74) is 0.970. The summed E-state index contributed by atoms with van der Waals surface area (Å²) in [5, 5.41) is 7.22. The van der Waals surface area contributed by atoms with Gasteiger partial charge in [0.2, 0.25) is 11.8 Å². The largest absolute Gasteiger partial charge is 0.371 e. The minimum atomic E-state index is -0.237. The third-order valence-corrected chi connectivity index (χ3v) is 5.10. The summed E-state index contributed by atoms with van der Waals surface area (Å²) in [7, 11) is 0. The summed E-state index contributed by atoms with van der Waals surface area (Å²) >= 11 is 0. The lowest BCUT2D eigenvalue weighted by Crippen LogP contribution is -2.41. The van der Waals surface area contributed by atoms with Crippen molar-refractivity contribution in [3.05, 3.63) is 18.0 Å². The SMILES string of the molecule is CCn1nccc1[C@@H]1OCC[C@H]1C(=O)N1CCCCCNC(=O)CC1. The number of aromatic nitrogens is 2. The molecule has 0 aromatic carbocycles. The van der Waals surface area contributed by atoms with Gasteiger partial charge in [-0.3, -0.25) is 14.3 Å². The normalized spacial score (nSPS) is 25.6. The first kappa shape index (κ1) is 17.9. The standard InChI is InChI=1S/C18H28N4O3/c1-2-22-15(6-10-20-22)17-14(8-13-25-17)18(24)21-11-5-3-4-9-19-16(23)7-12-21/h6,10,14,17H,2-5,7-9,11-13H2,1H3,(H,19,23)/t14-,17-/m1/s1. The molecule has 138 valence electrons. The zero-order chi connectivity index (χ0) is 17.6. The molecule has 7 heteroatoms. The second-order valence-corrected chi connectivity index (χ2v) is 6.74. The van der Waals surface area contributed by atoms with E-state index in [-0.39, 0.29) is 23.8 Å². The fraction of sp³-hybridized carbons (Fsp3) is 0.722. The molecule has 2 atom stereocenters. The molecular weight excluding hydrogens is 320 g/mol. The van der Waals surface area contributed by atoms with Gasteiger partial charge in [-0.2, -0.15) is 5.10 Å². The van der Waals surface area contributed by atoms with Crippen molar-refractivity contribution in [2.45, 2.75) is 51.7 Å². The van der Waals surface area contributed by atoms with Gasteiger partial charge in [0.1, 0.15) is 6.10 Å². The van der Waals surface area contributed by atoms with E-state index in [2.05, 4.69) is 10.4 Å². The average molecular weight is 348 g/mol. The van der Waals surface area contributed by atoms with Gasteiger partial charge in [0.05, 0.1) is 11.6 Å². The Labute approximate surface area is 148 Å². The smallest absolute Gasteiger partial charge is 0.228 e. The quantitative estimate of drug-likeness (QED) is 0.898. The Kier molecular flexibility index (Phi) is 6.07. The number of carbonyl (C=O) groups excluding carboxylic acids is 2. The van der Waals surface area contributed by atoms with E-state index in [1.54, 1.807) is 6.20 Å². The van der Waals surface area contributed by atoms with Gasteiger partial charge in [-0.15, -0.1) is 0 Å². The summed E-state index contributed by atoms with van der Waals surface area (Å²) in [6, 6.07) is 1.94. The first-order valence-corrected chi connectivity index (χ1v) is 9.39. The Morgan fingerprint density at radius 2 is 2.24 bits per heavy atom. The molecule has 1 N–H and O–H groups in total. The van der Waals surface area contributed by atoms with Crippen LogP contribution in [0.5, 0.6) is 0 Å². The Balaban J connectivity index is 1.71. The van der Waals surface area contributed by atoms with Gasteiger partial charge < -0.3 is 15.0 Å². The van der Waals surface area contributed by atoms with Gasteiger partial charge in [-0.05, 0) is 38.7 Å². The first-order chi connectivity index (χ1) is 12.2. The van der Waals surface area contributed by atoms with E-state index in [4.69, 9.17) is 4.74 Å². The predicted molar refractivity (Wildman–Crippen MR) is 92.8 cm³/mol. The van der Waals surface area contributed by atoms with E-state index in [1.165, 1.54) is 0 Å². The number of nitrogens with one attached hydrogen (secondary N) is 1.